The fraction of sp³-hybridized carbons (Fsp3) is 1.00. The topological polar surface area (TPSA) is 0 Å². The van der Waals surface area contributed by atoms with Gasteiger partial charge >= 0.3 is 81.9 Å². The molecule has 0 bridgehead atoms. The summed E-state index contributed by atoms with van der Waals surface area (Å²) in [4.78, 5) is 0. The monoisotopic (exact) mass is 1010 g/mol. The summed E-state index contributed by atoms with van der Waals surface area (Å²) in [6.07, 6.45) is 29.9. The standard InChI is InChI=1S/C11H24.C9H20.C7H16.3Tl.9H/c1-3-5-7-9-11-10-8-6-4-2;1-3-5-7-9-8-6-4-2;1-3-5-7-6-4-2;;;;;;;;;;;;/h3-11H2,1-2H3;3-9H2,1-2H3;3-7H2,1-2H3;;;;;;;;;;;;. The molecule has 0 unspecified atom stereocenters. The van der Waals surface area contributed by atoms with Crippen molar-refractivity contribution >= 4 is 81.9 Å². The van der Waals surface area contributed by atoms with E-state index in [0.29, 0.717) is 0 Å². The Hall–Kier alpha value is 2.77. The molecule has 3 radical (unpaired) electrons. The first-order chi connectivity index (χ1) is 13.2. The van der Waals surface area contributed by atoms with Crippen LogP contribution < -0.4 is 0 Å². The molecule has 0 aromatic heterocycles. The van der Waals surface area contributed by atoms with E-state index in [1.807, 2.05) is 0 Å². The third-order valence-electron chi connectivity index (χ3n) is 5.12. The van der Waals surface area contributed by atoms with Gasteiger partial charge < -0.3 is 0 Å². The first-order valence-electron chi connectivity index (χ1n) is 13.2. The third-order valence-corrected chi connectivity index (χ3v) is 5.12. The van der Waals surface area contributed by atoms with Crippen molar-refractivity contribution in [2.45, 2.75) is 176 Å². The second kappa shape index (κ2) is 53.2. The van der Waals surface area contributed by atoms with E-state index in [4.69, 9.17) is 0 Å². The summed E-state index contributed by atoms with van der Waals surface area (Å²) in [5.74, 6) is 0. The van der Waals surface area contributed by atoms with Crippen LogP contribution in [0.2, 0.25) is 0 Å². The average molecular weight is 1010 g/mol. The molecule has 30 heavy (non-hydrogen) atoms. The summed E-state index contributed by atoms with van der Waals surface area (Å²) in [6, 6.07) is 0. The molecule has 0 saturated heterocycles. The van der Waals surface area contributed by atoms with Crippen LogP contribution in [-0.2, 0) is 0 Å². The van der Waals surface area contributed by atoms with Gasteiger partial charge in [0.15, 0.2) is 0 Å². The van der Waals surface area contributed by atoms with Crippen molar-refractivity contribution in [1.82, 2.24) is 0 Å². The van der Waals surface area contributed by atoms with Gasteiger partial charge in [0.05, 0.1) is 0 Å². The molecule has 0 heterocycles. The van der Waals surface area contributed by atoms with E-state index in [1.54, 1.807) is 0 Å². The van der Waals surface area contributed by atoms with Crippen LogP contribution >= 0.6 is 0 Å². The van der Waals surface area contributed by atoms with Gasteiger partial charge in [-0.1, -0.05) is 176 Å². The fourth-order valence-electron chi connectivity index (χ4n) is 3.09. The number of hydrogen-bond donors (Lipinski definition) is 0. The zero-order valence-electron chi connectivity index (χ0n) is 20.8. The van der Waals surface area contributed by atoms with Crippen LogP contribution in [-0.4, -0.2) is 81.9 Å². The van der Waals surface area contributed by atoms with Crippen molar-refractivity contribution in [2.24, 2.45) is 0 Å². The van der Waals surface area contributed by atoms with Crippen molar-refractivity contribution < 1.29 is 0 Å². The molecule has 186 valence electrons. The molecule has 0 aromatic rings. The van der Waals surface area contributed by atoms with Crippen LogP contribution in [0, 0.1) is 0 Å². The Morgan fingerprint density at radius 2 is 0.300 bits per heavy atom. The SMILES string of the molecule is CCCCCCC.CCCCCCCCC.CCCCCCCCCCC.[TlH3].[TlH3].[TlH3]. The molecule has 0 fully saturated rings. The summed E-state index contributed by atoms with van der Waals surface area (Å²) >= 11 is 0. The molecule has 0 atom stereocenters. The van der Waals surface area contributed by atoms with E-state index in [-0.39, 0.29) is 81.9 Å². The number of unbranched alkanes of at least 4 members (excludes halogenated alkanes) is 18. The maximum absolute atomic E-state index is 2.27. The Balaban J connectivity index is -0.0000000701. The van der Waals surface area contributed by atoms with Gasteiger partial charge in [0.25, 0.3) is 0 Å². The molecule has 0 rings (SSSR count). The van der Waals surface area contributed by atoms with Crippen LogP contribution in [0.5, 0.6) is 0 Å². The molecule has 0 aliphatic carbocycles. The van der Waals surface area contributed by atoms with Gasteiger partial charge in [0.2, 0.25) is 0 Å². The van der Waals surface area contributed by atoms with E-state index in [0.717, 1.165) is 0 Å². The second-order valence-corrected chi connectivity index (χ2v) is 8.30. The van der Waals surface area contributed by atoms with Gasteiger partial charge in [-0.25, -0.2) is 0 Å². The van der Waals surface area contributed by atoms with Gasteiger partial charge in [0.1, 0.15) is 0 Å². The van der Waals surface area contributed by atoms with Crippen LogP contribution in [0.25, 0.3) is 0 Å². The summed E-state index contributed by atoms with van der Waals surface area (Å²) in [5.41, 5.74) is 0. The fourth-order valence-corrected chi connectivity index (χ4v) is 3.09. The zero-order chi connectivity index (χ0) is 20.8. The van der Waals surface area contributed by atoms with Crippen molar-refractivity contribution in [2.75, 3.05) is 0 Å². The molecule has 3 heteroatoms. The van der Waals surface area contributed by atoms with Crippen LogP contribution in [0.3, 0.4) is 0 Å². The molecule has 0 aromatic carbocycles. The second-order valence-electron chi connectivity index (χ2n) is 8.30. The minimum absolute atomic E-state index is 0. The number of hydrogen-bond acceptors (Lipinski definition) is 0. The molecule has 0 saturated carbocycles. The Bertz CT molecular complexity index is 181. The van der Waals surface area contributed by atoms with Crippen molar-refractivity contribution in [3.8, 4) is 0 Å². The molecule has 0 N–H and O–H groups in total. The molecule has 0 aliphatic heterocycles. The summed E-state index contributed by atoms with van der Waals surface area (Å²) < 4.78 is 0. The molecule has 0 amide bonds. The first-order valence-corrected chi connectivity index (χ1v) is 13.2. The maximum atomic E-state index is 2.27. The third kappa shape index (κ3) is 63.2. The van der Waals surface area contributed by atoms with Crippen molar-refractivity contribution in [3.05, 3.63) is 0 Å². The number of rotatable bonds is 18. The quantitative estimate of drug-likeness (QED) is 0.0976. The van der Waals surface area contributed by atoms with Gasteiger partial charge in [-0.15, -0.1) is 0 Å². The summed E-state index contributed by atoms with van der Waals surface area (Å²) in [5, 5.41) is 0. The average Bonchev–Trinajstić information content (AvgIpc) is 2.69. The van der Waals surface area contributed by atoms with E-state index < -0.39 is 0 Å². The van der Waals surface area contributed by atoms with Crippen LogP contribution in [0.1, 0.15) is 176 Å². The van der Waals surface area contributed by atoms with Crippen LogP contribution in [0.15, 0.2) is 0 Å². The molecule has 0 nitrogen and oxygen atoms in total. The predicted molar refractivity (Wildman–Crippen MR) is 161 cm³/mol. The molecular weight excluding hydrogens is 937 g/mol. The minimum atomic E-state index is 0. The van der Waals surface area contributed by atoms with E-state index in [2.05, 4.69) is 41.5 Å². The van der Waals surface area contributed by atoms with E-state index in [1.165, 1.54) is 135 Å². The summed E-state index contributed by atoms with van der Waals surface area (Å²) in [7, 11) is 0. The van der Waals surface area contributed by atoms with Gasteiger partial charge in [-0.05, 0) is 0 Å². The van der Waals surface area contributed by atoms with Gasteiger partial charge in [-0.2, -0.15) is 0 Å². The Morgan fingerprint density at radius 3 is 0.433 bits per heavy atom. The van der Waals surface area contributed by atoms with Gasteiger partial charge in [-0.3, -0.25) is 0 Å². The Labute approximate surface area is 255 Å². The van der Waals surface area contributed by atoms with Crippen molar-refractivity contribution in [3.63, 3.8) is 0 Å². The Kier molecular flexibility index (Phi) is 81.9. The first kappa shape index (κ1) is 46.2. The Morgan fingerprint density at radius 1 is 0.200 bits per heavy atom. The van der Waals surface area contributed by atoms with E-state index in [9.17, 15) is 0 Å². The van der Waals surface area contributed by atoms with E-state index >= 15 is 0 Å². The predicted octanol–water partition coefficient (Wildman–Crippen LogP) is 7.72. The zero-order valence-corrected chi connectivity index (χ0v) is 20.8. The molecular formula is C27H69Tl3. The van der Waals surface area contributed by atoms with Crippen molar-refractivity contribution in [1.29, 1.82) is 0 Å². The summed E-state index contributed by atoms with van der Waals surface area (Å²) in [6.45, 7) is 13.6. The molecule has 0 spiro atoms. The normalized spacial score (nSPS) is 9.00. The van der Waals surface area contributed by atoms with Crippen LogP contribution in [0.4, 0.5) is 0 Å². The van der Waals surface area contributed by atoms with Gasteiger partial charge in [0, 0.05) is 0 Å². The molecule has 0 aliphatic rings.